The topological polar surface area (TPSA) is 72.8 Å². The van der Waals surface area contributed by atoms with Gasteiger partial charge in [0.05, 0.1) is 17.1 Å². The van der Waals surface area contributed by atoms with E-state index < -0.39 is 30.8 Å². The van der Waals surface area contributed by atoms with E-state index in [0.29, 0.717) is 0 Å². The summed E-state index contributed by atoms with van der Waals surface area (Å²) in [5.41, 5.74) is 0.121. The first kappa shape index (κ1) is 14.6. The predicted octanol–water partition coefficient (Wildman–Crippen LogP) is 1.88. The molecule has 0 radical (unpaired) electrons. The number of hydrogen-bond acceptors (Lipinski definition) is 4. The van der Waals surface area contributed by atoms with Crippen LogP contribution in [-0.2, 0) is 9.53 Å². The zero-order chi connectivity index (χ0) is 13.7. The van der Waals surface area contributed by atoms with Gasteiger partial charge in [-0.05, 0) is 22.0 Å². The van der Waals surface area contributed by atoms with E-state index in [0.717, 1.165) is 6.07 Å². The molecule has 1 aromatic carbocycles. The van der Waals surface area contributed by atoms with Crippen molar-refractivity contribution in [3.05, 3.63) is 28.0 Å². The molecule has 0 amide bonds. The molecule has 0 heterocycles. The average Bonchev–Trinajstić information content (AvgIpc) is 2.31. The second kappa shape index (κ2) is 6.46. The minimum absolute atomic E-state index is 0.0691. The Balaban J connectivity index is 2.84. The summed E-state index contributed by atoms with van der Waals surface area (Å²) in [6.45, 7) is -0.989. The summed E-state index contributed by atoms with van der Waals surface area (Å²) >= 11 is 2.95. The summed E-state index contributed by atoms with van der Waals surface area (Å²) in [6.07, 6.45) is 0. The van der Waals surface area contributed by atoms with Crippen LogP contribution in [0, 0.1) is 5.82 Å². The molecule has 5 nitrogen and oxygen atoms in total. The van der Waals surface area contributed by atoms with Gasteiger partial charge in [0.2, 0.25) is 0 Å². The number of carboxylic acids is 1. The van der Waals surface area contributed by atoms with E-state index >= 15 is 0 Å². The maximum absolute atomic E-state index is 13.2. The maximum atomic E-state index is 13.2. The molecule has 0 aromatic heterocycles. The van der Waals surface area contributed by atoms with Gasteiger partial charge >= 0.3 is 5.97 Å². The number of carbonyl (C=O) groups excluding carboxylic acids is 1. The molecule has 0 aliphatic rings. The molecule has 1 N–H and O–H groups in total. The molecule has 0 saturated heterocycles. The van der Waals surface area contributed by atoms with Crippen molar-refractivity contribution in [2.24, 2.45) is 0 Å². The third-order valence-electron chi connectivity index (χ3n) is 2.00. The van der Waals surface area contributed by atoms with Crippen molar-refractivity contribution in [3.63, 3.8) is 0 Å². The molecular weight excluding hydrogens is 311 g/mol. The van der Waals surface area contributed by atoms with Gasteiger partial charge in [0.1, 0.15) is 24.8 Å². The van der Waals surface area contributed by atoms with Gasteiger partial charge in [-0.15, -0.1) is 0 Å². The number of ether oxygens (including phenoxy) is 2. The Morgan fingerprint density at radius 1 is 1.39 bits per heavy atom. The first-order valence-corrected chi connectivity index (χ1v) is 5.60. The number of halogens is 2. The lowest BCUT2D eigenvalue weighted by Gasteiger charge is -2.08. The lowest BCUT2D eigenvalue weighted by Crippen LogP contribution is -2.15. The Kier molecular flexibility index (Phi) is 5.24. The third kappa shape index (κ3) is 3.78. The fourth-order valence-electron chi connectivity index (χ4n) is 1.22. The molecule has 98 valence electrons. The molecule has 0 unspecified atom stereocenters. The fraction of sp³-hybridized carbons (Fsp3) is 0.273. The van der Waals surface area contributed by atoms with E-state index in [1.165, 1.54) is 13.2 Å². The van der Waals surface area contributed by atoms with Crippen molar-refractivity contribution in [1.29, 1.82) is 0 Å². The molecular formula is C11H10BrFO5. The van der Waals surface area contributed by atoms with Crippen molar-refractivity contribution < 1.29 is 28.6 Å². The number of methoxy groups -OCH3 is 1. The smallest absolute Gasteiger partial charge is 0.329 e. The van der Waals surface area contributed by atoms with Crippen LogP contribution in [0.3, 0.4) is 0 Å². The maximum Gasteiger partial charge on any atom is 0.329 e. The fourth-order valence-corrected chi connectivity index (χ4v) is 1.57. The van der Waals surface area contributed by atoms with Gasteiger partial charge in [-0.3, -0.25) is 4.79 Å². The van der Waals surface area contributed by atoms with Gasteiger partial charge in [-0.1, -0.05) is 0 Å². The monoisotopic (exact) mass is 320 g/mol. The highest BCUT2D eigenvalue weighted by molar-refractivity contribution is 9.10. The number of benzene rings is 1. The number of hydrogen-bond donors (Lipinski definition) is 1. The molecule has 0 aliphatic heterocycles. The van der Waals surface area contributed by atoms with Gasteiger partial charge in [-0.25, -0.2) is 9.18 Å². The largest absolute Gasteiger partial charge is 0.496 e. The van der Waals surface area contributed by atoms with Gasteiger partial charge in [-0.2, -0.15) is 0 Å². The Bertz CT molecular complexity index is 475. The quantitative estimate of drug-likeness (QED) is 0.810. The van der Waals surface area contributed by atoms with Crippen molar-refractivity contribution in [2.75, 3.05) is 20.3 Å². The van der Waals surface area contributed by atoms with Gasteiger partial charge in [0.15, 0.2) is 5.78 Å². The molecule has 18 heavy (non-hydrogen) atoms. The Morgan fingerprint density at radius 3 is 2.61 bits per heavy atom. The lowest BCUT2D eigenvalue weighted by molar-refractivity contribution is -0.141. The van der Waals surface area contributed by atoms with Crippen LogP contribution in [0.2, 0.25) is 0 Å². The highest BCUT2D eigenvalue weighted by Gasteiger charge is 2.16. The average molecular weight is 321 g/mol. The normalized spacial score (nSPS) is 10.2. The van der Waals surface area contributed by atoms with Crippen LogP contribution in [0.4, 0.5) is 4.39 Å². The molecule has 0 spiro atoms. The van der Waals surface area contributed by atoms with Crippen LogP contribution in [0.25, 0.3) is 0 Å². The lowest BCUT2D eigenvalue weighted by atomic mass is 10.1. The molecule has 0 bridgehead atoms. The Hall–Kier alpha value is -1.47. The minimum atomic E-state index is -1.17. The Morgan fingerprint density at radius 2 is 2.06 bits per heavy atom. The number of aliphatic carboxylic acids is 1. The molecule has 0 fully saturated rings. The molecule has 0 atom stereocenters. The van der Waals surface area contributed by atoms with Crippen LogP contribution >= 0.6 is 15.9 Å². The van der Waals surface area contributed by atoms with Crippen molar-refractivity contribution in [2.45, 2.75) is 0 Å². The summed E-state index contributed by atoms with van der Waals surface area (Å²) in [7, 11) is 1.30. The molecule has 1 rings (SSSR count). The highest BCUT2D eigenvalue weighted by Crippen LogP contribution is 2.26. The summed E-state index contributed by atoms with van der Waals surface area (Å²) in [5, 5.41) is 8.36. The minimum Gasteiger partial charge on any atom is -0.496 e. The van der Waals surface area contributed by atoms with Crippen molar-refractivity contribution in [1.82, 2.24) is 0 Å². The molecule has 0 aliphatic carbocycles. The van der Waals surface area contributed by atoms with E-state index in [4.69, 9.17) is 9.84 Å². The summed E-state index contributed by atoms with van der Waals surface area (Å²) in [6, 6.07) is 2.33. The first-order valence-electron chi connectivity index (χ1n) is 4.81. The zero-order valence-corrected chi connectivity index (χ0v) is 11.0. The van der Waals surface area contributed by atoms with Crippen LogP contribution in [-0.4, -0.2) is 37.2 Å². The van der Waals surface area contributed by atoms with Crippen LogP contribution in [0.15, 0.2) is 16.6 Å². The number of ketones is 1. The zero-order valence-electron chi connectivity index (χ0n) is 9.41. The van der Waals surface area contributed by atoms with Crippen molar-refractivity contribution in [3.8, 4) is 5.75 Å². The highest BCUT2D eigenvalue weighted by atomic mass is 79.9. The number of carbonyl (C=O) groups is 2. The summed E-state index contributed by atoms with van der Waals surface area (Å²) in [4.78, 5) is 21.9. The van der Waals surface area contributed by atoms with Crippen molar-refractivity contribution >= 4 is 27.7 Å². The summed E-state index contributed by atoms with van der Waals surface area (Å²) < 4.78 is 22.9. The van der Waals surface area contributed by atoms with Crippen LogP contribution in [0.5, 0.6) is 5.75 Å². The Labute approximate surface area is 111 Å². The third-order valence-corrected chi connectivity index (χ3v) is 2.61. The number of Topliss-reactive ketones (excluding diaryl/α,β-unsaturated/α-hetero) is 1. The van der Waals surface area contributed by atoms with Gasteiger partial charge in [0.25, 0.3) is 0 Å². The van der Waals surface area contributed by atoms with E-state index in [2.05, 4.69) is 20.7 Å². The van der Waals surface area contributed by atoms with Crippen LogP contribution < -0.4 is 4.74 Å². The van der Waals surface area contributed by atoms with Gasteiger partial charge < -0.3 is 14.6 Å². The number of carboxylic acid groups (broad SMARTS) is 1. The van der Waals surface area contributed by atoms with E-state index in [1.54, 1.807) is 0 Å². The summed E-state index contributed by atoms with van der Waals surface area (Å²) in [5.74, 6) is -2.15. The second-order valence-corrected chi connectivity index (χ2v) is 4.13. The number of rotatable bonds is 6. The molecule has 7 heteroatoms. The van der Waals surface area contributed by atoms with E-state index in [9.17, 15) is 14.0 Å². The van der Waals surface area contributed by atoms with Gasteiger partial charge in [0, 0.05) is 6.07 Å². The van der Waals surface area contributed by atoms with Crippen LogP contribution in [0.1, 0.15) is 10.4 Å². The molecule has 1 aromatic rings. The van der Waals surface area contributed by atoms with E-state index in [-0.39, 0.29) is 15.8 Å². The standard InChI is InChI=1S/C11H10BrFO5/c1-17-10-3-8(13)7(12)2-6(10)9(14)4-18-5-11(15)16/h2-3H,4-5H2,1H3,(H,15,16). The van der Waals surface area contributed by atoms with E-state index in [1.807, 2.05) is 0 Å². The second-order valence-electron chi connectivity index (χ2n) is 3.28. The predicted molar refractivity (Wildman–Crippen MR) is 63.4 cm³/mol. The first-order chi connectivity index (χ1) is 8.45. The molecule has 0 saturated carbocycles. The SMILES string of the molecule is COc1cc(F)c(Br)cc1C(=O)COCC(=O)O.